The van der Waals surface area contributed by atoms with Gasteiger partial charge in [-0.3, -0.25) is 9.59 Å². The molecule has 1 N–H and O–H groups in total. The maximum atomic E-state index is 13.0. The molecule has 1 aliphatic rings. The summed E-state index contributed by atoms with van der Waals surface area (Å²) >= 11 is 3.38. The van der Waals surface area contributed by atoms with Crippen molar-refractivity contribution in [2.45, 2.75) is 27.7 Å². The number of carbonyl (C=O) groups excluding carboxylic acids is 2. The van der Waals surface area contributed by atoms with E-state index in [4.69, 9.17) is 4.74 Å². The van der Waals surface area contributed by atoms with Crippen LogP contribution in [0.4, 0.5) is 11.4 Å². The second kappa shape index (κ2) is 7.95. The van der Waals surface area contributed by atoms with Crippen molar-refractivity contribution in [2.24, 2.45) is 11.3 Å². The molecule has 3 rings (SSSR count). The predicted octanol–water partition coefficient (Wildman–Crippen LogP) is 5.11. The fourth-order valence-electron chi connectivity index (χ4n) is 3.10. The molecule has 0 radical (unpaired) electrons. The summed E-state index contributed by atoms with van der Waals surface area (Å²) in [4.78, 5) is 27.3. The van der Waals surface area contributed by atoms with E-state index in [1.807, 2.05) is 32.0 Å². The fourth-order valence-corrected chi connectivity index (χ4v) is 3.50. The van der Waals surface area contributed by atoms with Gasteiger partial charge in [0.2, 0.25) is 5.91 Å². The lowest BCUT2D eigenvalue weighted by atomic mass is 9.92. The number of amides is 2. The van der Waals surface area contributed by atoms with E-state index in [0.29, 0.717) is 29.5 Å². The van der Waals surface area contributed by atoms with Crippen LogP contribution in [0.25, 0.3) is 0 Å². The van der Waals surface area contributed by atoms with Crippen molar-refractivity contribution in [3.63, 3.8) is 0 Å². The Morgan fingerprint density at radius 3 is 2.68 bits per heavy atom. The van der Waals surface area contributed by atoms with Crippen LogP contribution in [-0.4, -0.2) is 25.0 Å². The van der Waals surface area contributed by atoms with Gasteiger partial charge in [0, 0.05) is 28.3 Å². The largest absolute Gasteiger partial charge is 0.490 e. The highest BCUT2D eigenvalue weighted by Crippen LogP contribution is 2.38. The third-order valence-corrected chi connectivity index (χ3v) is 5.05. The van der Waals surface area contributed by atoms with E-state index in [-0.39, 0.29) is 18.4 Å². The maximum absolute atomic E-state index is 13.0. The highest BCUT2D eigenvalue weighted by atomic mass is 79.9. The first-order valence-electron chi connectivity index (χ1n) is 9.33. The van der Waals surface area contributed by atoms with Crippen molar-refractivity contribution in [2.75, 3.05) is 23.4 Å². The molecule has 2 aromatic carbocycles. The van der Waals surface area contributed by atoms with Gasteiger partial charge in [-0.05, 0) is 50.1 Å². The first kappa shape index (κ1) is 20.4. The zero-order valence-corrected chi connectivity index (χ0v) is 18.2. The number of carbonyl (C=O) groups is 2. The minimum Gasteiger partial charge on any atom is -0.490 e. The summed E-state index contributed by atoms with van der Waals surface area (Å²) in [5.41, 5.74) is 1.31. The molecule has 1 heterocycles. The number of rotatable bonds is 4. The van der Waals surface area contributed by atoms with Gasteiger partial charge in [0.1, 0.15) is 12.4 Å². The van der Waals surface area contributed by atoms with Crippen LogP contribution in [0, 0.1) is 11.3 Å². The van der Waals surface area contributed by atoms with E-state index >= 15 is 0 Å². The van der Waals surface area contributed by atoms with Gasteiger partial charge in [0.25, 0.3) is 5.91 Å². The highest BCUT2D eigenvalue weighted by molar-refractivity contribution is 9.10. The van der Waals surface area contributed by atoms with Crippen LogP contribution < -0.4 is 15.0 Å². The number of hydrogen-bond acceptors (Lipinski definition) is 3. The molecule has 0 saturated carbocycles. The topological polar surface area (TPSA) is 58.6 Å². The number of fused-ring (bicyclic) bond motifs is 1. The molecule has 28 heavy (non-hydrogen) atoms. The van der Waals surface area contributed by atoms with Gasteiger partial charge in [0.15, 0.2) is 0 Å². The Morgan fingerprint density at radius 2 is 2.00 bits per heavy atom. The average molecular weight is 445 g/mol. The Kier molecular flexibility index (Phi) is 5.79. The molecule has 6 heteroatoms. The van der Waals surface area contributed by atoms with Gasteiger partial charge in [-0.2, -0.15) is 0 Å². The minimum atomic E-state index is -0.617. The van der Waals surface area contributed by atoms with Crippen LogP contribution in [0.15, 0.2) is 46.9 Å². The van der Waals surface area contributed by atoms with Crippen molar-refractivity contribution in [3.8, 4) is 5.75 Å². The van der Waals surface area contributed by atoms with Crippen LogP contribution in [0.2, 0.25) is 0 Å². The van der Waals surface area contributed by atoms with E-state index in [1.54, 1.807) is 29.2 Å². The van der Waals surface area contributed by atoms with E-state index in [1.165, 1.54) is 0 Å². The number of nitrogens with one attached hydrogen (secondary N) is 1. The van der Waals surface area contributed by atoms with E-state index in [2.05, 4.69) is 35.1 Å². The monoisotopic (exact) mass is 444 g/mol. The molecular weight excluding hydrogens is 420 g/mol. The molecule has 0 unspecified atom stereocenters. The Bertz CT molecular complexity index is 908. The quantitative estimate of drug-likeness (QED) is 0.712. The highest BCUT2D eigenvalue weighted by Gasteiger charge is 2.38. The lowest BCUT2D eigenvalue weighted by molar-refractivity contribution is -0.127. The van der Waals surface area contributed by atoms with Gasteiger partial charge in [0.05, 0.1) is 11.1 Å². The van der Waals surface area contributed by atoms with Gasteiger partial charge < -0.3 is 15.0 Å². The smallest absolute Gasteiger partial charge is 0.255 e. The van der Waals surface area contributed by atoms with Gasteiger partial charge in [-0.15, -0.1) is 0 Å². The SMILES string of the molecule is CC(C)CN1C(=O)C(C)(C)COc2cc(NC(=O)c3cccc(Br)c3)ccc21. The second-order valence-corrected chi connectivity index (χ2v) is 9.04. The van der Waals surface area contributed by atoms with Gasteiger partial charge in [-0.1, -0.05) is 35.8 Å². The standard InChI is InChI=1S/C22H25BrN2O3/c1-14(2)12-25-18-9-8-17(11-19(18)28-13-22(3,4)21(25)27)24-20(26)15-6-5-7-16(23)10-15/h5-11,14H,12-13H2,1-4H3,(H,24,26). The Morgan fingerprint density at radius 1 is 1.25 bits per heavy atom. The van der Waals surface area contributed by atoms with E-state index in [9.17, 15) is 9.59 Å². The van der Waals surface area contributed by atoms with Crippen molar-refractivity contribution in [1.29, 1.82) is 0 Å². The van der Waals surface area contributed by atoms with Crippen LogP contribution >= 0.6 is 15.9 Å². The lowest BCUT2D eigenvalue weighted by Gasteiger charge is -2.29. The average Bonchev–Trinajstić information content (AvgIpc) is 2.72. The number of nitrogens with zero attached hydrogens (tertiary/aromatic N) is 1. The molecule has 0 aromatic heterocycles. The second-order valence-electron chi connectivity index (χ2n) is 8.13. The first-order chi connectivity index (χ1) is 13.2. The third-order valence-electron chi connectivity index (χ3n) is 4.56. The van der Waals surface area contributed by atoms with Crippen LogP contribution in [0.1, 0.15) is 38.1 Å². The van der Waals surface area contributed by atoms with E-state index < -0.39 is 5.41 Å². The molecule has 2 amide bonds. The molecule has 2 aromatic rings. The van der Waals surface area contributed by atoms with Crippen LogP contribution in [0.3, 0.4) is 0 Å². The van der Waals surface area contributed by atoms with Crippen LogP contribution in [-0.2, 0) is 4.79 Å². The Labute approximate surface area is 174 Å². The number of anilines is 2. The lowest BCUT2D eigenvalue weighted by Crippen LogP contribution is -2.43. The van der Waals surface area contributed by atoms with Crippen molar-refractivity contribution < 1.29 is 14.3 Å². The first-order valence-corrected chi connectivity index (χ1v) is 10.1. The third kappa shape index (κ3) is 4.38. The molecule has 0 bridgehead atoms. The summed E-state index contributed by atoms with van der Waals surface area (Å²) in [6, 6.07) is 12.6. The summed E-state index contributed by atoms with van der Waals surface area (Å²) in [5, 5.41) is 2.90. The van der Waals surface area contributed by atoms with Crippen molar-refractivity contribution in [1.82, 2.24) is 0 Å². The van der Waals surface area contributed by atoms with Crippen molar-refractivity contribution in [3.05, 3.63) is 52.5 Å². The molecule has 0 saturated heterocycles. The molecule has 0 spiro atoms. The Balaban J connectivity index is 1.90. The molecule has 1 aliphatic heterocycles. The normalized spacial score (nSPS) is 15.6. The number of hydrogen-bond donors (Lipinski definition) is 1. The molecule has 0 fully saturated rings. The van der Waals surface area contributed by atoms with Crippen LogP contribution in [0.5, 0.6) is 5.75 Å². The summed E-state index contributed by atoms with van der Waals surface area (Å²) < 4.78 is 6.81. The summed E-state index contributed by atoms with van der Waals surface area (Å²) in [5.74, 6) is 0.768. The molecular formula is C22H25BrN2O3. The summed E-state index contributed by atoms with van der Waals surface area (Å²) in [6.45, 7) is 8.85. The fraction of sp³-hybridized carbons (Fsp3) is 0.364. The zero-order chi connectivity index (χ0) is 20.5. The predicted molar refractivity (Wildman–Crippen MR) is 115 cm³/mol. The summed E-state index contributed by atoms with van der Waals surface area (Å²) in [7, 11) is 0. The Hall–Kier alpha value is -2.34. The molecule has 0 aliphatic carbocycles. The van der Waals surface area contributed by atoms with Gasteiger partial charge in [-0.25, -0.2) is 0 Å². The zero-order valence-electron chi connectivity index (χ0n) is 16.6. The van der Waals surface area contributed by atoms with Gasteiger partial charge >= 0.3 is 0 Å². The molecule has 5 nitrogen and oxygen atoms in total. The number of benzene rings is 2. The molecule has 0 atom stereocenters. The summed E-state index contributed by atoms with van der Waals surface area (Å²) in [6.07, 6.45) is 0. The number of halogens is 1. The number of ether oxygens (including phenoxy) is 1. The minimum absolute atomic E-state index is 0.0471. The maximum Gasteiger partial charge on any atom is 0.255 e. The van der Waals surface area contributed by atoms with E-state index in [0.717, 1.165) is 10.2 Å². The molecule has 148 valence electrons. The van der Waals surface area contributed by atoms with Crippen molar-refractivity contribution >= 4 is 39.1 Å².